The Labute approximate surface area is 486 Å². The Morgan fingerprint density at radius 1 is 0.929 bits per heavy atom. The number of unbranched alkanes of at least 4 members (excludes halogenated alkanes) is 2. The van der Waals surface area contributed by atoms with Crippen molar-refractivity contribution in [3.63, 3.8) is 0 Å². The van der Waals surface area contributed by atoms with Crippen LogP contribution in [0.2, 0.25) is 0 Å². The highest BCUT2D eigenvalue weighted by atomic mass is 33.1. The van der Waals surface area contributed by atoms with Crippen LogP contribution in [0.15, 0.2) is 75.1 Å². The van der Waals surface area contributed by atoms with Gasteiger partial charge in [0.05, 0.1) is 30.9 Å². The van der Waals surface area contributed by atoms with Crippen LogP contribution in [-0.4, -0.2) is 130 Å². The lowest BCUT2D eigenvalue weighted by Crippen LogP contribution is -2.44. The summed E-state index contributed by atoms with van der Waals surface area (Å²) < 4.78 is 122. The van der Waals surface area contributed by atoms with Gasteiger partial charge in [0.1, 0.15) is 42.2 Å². The molecule has 3 aliphatic rings. The number of anilines is 2. The fraction of sp³-hybridized carbons (Fsp3) is 0.372. The molecule has 5 atom stereocenters. The molecule has 2 unspecified atom stereocenters. The molecule has 0 spiro atoms. The Balaban J connectivity index is 0.00000177. The van der Waals surface area contributed by atoms with Gasteiger partial charge in [0, 0.05) is 82.9 Å². The molecule has 0 radical (unpaired) electrons. The Morgan fingerprint density at radius 3 is 2.36 bits per heavy atom. The number of carbonyl (C=O) groups excluding carboxylic acids is 2. The lowest BCUT2D eigenvalue weighted by Gasteiger charge is -2.21. The monoisotopic (exact) mass is 1310 g/mol. The Morgan fingerprint density at radius 2 is 1.65 bits per heavy atom. The van der Waals surface area contributed by atoms with Crippen LogP contribution in [0.4, 0.5) is 16.3 Å². The first-order valence-electron chi connectivity index (χ1n) is 23.6. The van der Waals surface area contributed by atoms with Crippen molar-refractivity contribution in [2.45, 2.75) is 51.0 Å². The molecule has 34 nitrogen and oxygen atoms in total. The molecule has 1 fully saturated rings. The number of nitrogens with one attached hydrogen (secondary N) is 3. The third-order valence-electron chi connectivity index (χ3n) is 10.7. The first-order valence-corrected chi connectivity index (χ1v) is 32.6. The van der Waals surface area contributed by atoms with Crippen LogP contribution in [0.3, 0.4) is 0 Å². The minimum absolute atomic E-state index is 0.0502. The van der Waals surface area contributed by atoms with Crippen LogP contribution in [0, 0.1) is 18.8 Å². The van der Waals surface area contributed by atoms with Gasteiger partial charge in [-0.25, -0.2) is 23.3 Å². The minimum Gasteiger partial charge on any atom is -0.456 e. The van der Waals surface area contributed by atoms with Gasteiger partial charge in [-0.1, -0.05) is 44.6 Å². The van der Waals surface area contributed by atoms with Crippen molar-refractivity contribution in [3.8, 4) is 34.3 Å². The maximum atomic E-state index is 13.3. The first-order chi connectivity index (χ1) is 39.6. The van der Waals surface area contributed by atoms with Crippen LogP contribution in [0.1, 0.15) is 53.4 Å². The standard InChI is InChI=1S/C43H52N11O17P3S2.2O3S/c1-26-7-8-27(18-33(26)39-31-11-9-29(44)19-34(31)68-35-20-30(45)10-12-32(35)39)41(55)48-15-17-75-76-25-65-16-4-2-3-13-49-42(56)50-14-5-6-28-22-54(43(57)52-40(28)46)38-21-36(66-24-51-53-47)37(69-38)23-67-73(61,62)71-74(63,64)70-72(58,59)60;2*1-4(2)3/h7-12,18-20,22,36-38,44H,2-4,13-17,21,23-25,45H2,1H3,(H,48,55)(H,61,62)(H,63,64)(H2,46,52,57)(H2,49,50,56)(H2,58,59,60);;/p+1/t36-,37-,38-;;/m1../s1. The van der Waals surface area contributed by atoms with Gasteiger partial charge in [-0.2, -0.15) is 13.6 Å². The molecular weight excluding hydrogens is 1260 g/mol. The number of carbonyl (C=O) groups is 2. The largest absolute Gasteiger partial charge is 0.490 e. The van der Waals surface area contributed by atoms with E-state index < -0.39 is 88.2 Å². The summed E-state index contributed by atoms with van der Waals surface area (Å²) in [6, 6.07) is 16.2. The van der Waals surface area contributed by atoms with Crippen molar-refractivity contribution in [1.82, 2.24) is 25.5 Å². The van der Waals surface area contributed by atoms with Gasteiger partial charge in [0.2, 0.25) is 0 Å². The van der Waals surface area contributed by atoms with Crippen LogP contribution >= 0.6 is 45.1 Å². The number of urea groups is 1. The van der Waals surface area contributed by atoms with Gasteiger partial charge >= 0.3 is 56.4 Å². The number of nitrogens with two attached hydrogens (primary N) is 3. The number of amides is 3. The van der Waals surface area contributed by atoms with Crippen molar-refractivity contribution in [3.05, 3.63) is 104 Å². The zero-order valence-corrected chi connectivity index (χ0v) is 49.4. The summed E-state index contributed by atoms with van der Waals surface area (Å²) in [6.07, 6.45) is -0.396. The van der Waals surface area contributed by atoms with Crippen LogP contribution in [-0.2, 0) is 62.3 Å². The molecule has 456 valence electrons. The summed E-state index contributed by atoms with van der Waals surface area (Å²) in [7, 11) is -20.1. The second-order valence-corrected chi connectivity index (χ2v) is 24.4. The number of azide groups is 1. The number of phosphoric acid groups is 3. The molecule has 1 aliphatic carbocycles. The molecule has 1 aromatic heterocycles. The second-order valence-electron chi connectivity index (χ2n) is 16.7. The van der Waals surface area contributed by atoms with Gasteiger partial charge in [-0.3, -0.25) is 19.3 Å². The van der Waals surface area contributed by atoms with E-state index in [0.29, 0.717) is 65.8 Å². The average Bonchev–Trinajstić information content (AvgIpc) is 2.71. The van der Waals surface area contributed by atoms with E-state index in [1.54, 1.807) is 29.0 Å². The number of nitrogen functional groups attached to an aromatic ring is 2. The number of benzene rings is 3. The third-order valence-corrected chi connectivity index (χ3v) is 16.6. The van der Waals surface area contributed by atoms with E-state index in [0.717, 1.165) is 45.0 Å². The Bertz CT molecular complexity index is 3710. The summed E-state index contributed by atoms with van der Waals surface area (Å²) in [4.78, 5) is 81.5. The number of nitrogens with zero attached hydrogens (tertiary/aromatic N) is 5. The van der Waals surface area contributed by atoms with Gasteiger partial charge in [-0.15, -0.1) is 25.3 Å². The molecule has 3 aromatic rings. The molecular formula is C43H53N11O23P3S4+. The van der Waals surface area contributed by atoms with Crippen LogP contribution < -0.4 is 43.9 Å². The first kappa shape index (κ1) is 69.9. The number of hydrogen-bond donors (Lipinski definition) is 10. The maximum Gasteiger partial charge on any atom is 0.490 e. The molecule has 6 rings (SSSR count). The molecule has 3 amide bonds. The normalized spacial score (nSPS) is 15.9. The second kappa shape index (κ2) is 33.8. The molecule has 0 saturated carbocycles. The van der Waals surface area contributed by atoms with E-state index in [2.05, 4.69) is 55.9 Å². The number of fused-ring (bicyclic) bond motifs is 2. The number of aryl methyl sites for hydroxylation is 1. The van der Waals surface area contributed by atoms with Crippen molar-refractivity contribution < 1.29 is 105 Å². The molecule has 2 aromatic carbocycles. The Hall–Kier alpha value is -6.55. The topological polar surface area (TPSA) is 535 Å². The zero-order chi connectivity index (χ0) is 62.2. The molecule has 3 heterocycles. The summed E-state index contributed by atoms with van der Waals surface area (Å²) in [6.45, 7) is 1.75. The summed E-state index contributed by atoms with van der Waals surface area (Å²) in [5, 5.41) is 19.0. The summed E-state index contributed by atoms with van der Waals surface area (Å²) in [5.41, 5.74) is 25.1. The van der Waals surface area contributed by atoms with Crippen molar-refractivity contribution in [1.29, 1.82) is 0 Å². The quantitative estimate of drug-likeness (QED) is 0.00360. The van der Waals surface area contributed by atoms with Gasteiger partial charge < -0.3 is 65.6 Å². The number of hydrogen-bond acceptors (Lipinski definition) is 25. The third kappa shape index (κ3) is 24.6. The lowest BCUT2D eigenvalue weighted by atomic mass is 9.90. The van der Waals surface area contributed by atoms with Crippen molar-refractivity contribution >= 4 is 101 Å². The van der Waals surface area contributed by atoms with E-state index in [4.69, 9.17) is 76.1 Å². The number of phosphoric ester groups is 1. The number of ether oxygens (including phenoxy) is 3. The SMILES string of the molecule is Cc1ccc(C(=O)NCCSSCOCCCCCNC(=O)NCC#Cc2cn([C@H]3C[C@@H](OCN=[N+]=[N-])[C@@H](COP(=O)(O)OP(=O)(O)OP(=O)(O)O)O3)c(=O)nc2N)cc1-c1c2ccc(=[NH2+])cc-2oc2cc(N)ccc12.O=S(=O)=O.O=S(=O)=O. The van der Waals surface area contributed by atoms with E-state index in [9.17, 15) is 37.9 Å². The Kier molecular flexibility index (Phi) is 28.2. The lowest BCUT2D eigenvalue weighted by molar-refractivity contribution is -0.172. The average molecular weight is 1310 g/mol. The summed E-state index contributed by atoms with van der Waals surface area (Å²) in [5.74, 6) is 6.69. The highest BCUT2D eigenvalue weighted by molar-refractivity contribution is 8.76. The van der Waals surface area contributed by atoms with E-state index in [-0.39, 0.29) is 30.3 Å². The van der Waals surface area contributed by atoms with E-state index in [1.165, 1.54) is 17.0 Å². The van der Waals surface area contributed by atoms with Crippen molar-refractivity contribution in [2.24, 2.45) is 5.11 Å². The highest BCUT2D eigenvalue weighted by Crippen LogP contribution is 2.66. The van der Waals surface area contributed by atoms with Gasteiger partial charge in [0.15, 0.2) is 5.36 Å². The molecule has 84 heavy (non-hydrogen) atoms. The number of rotatable bonds is 26. The molecule has 13 N–H and O–H groups in total. The smallest absolute Gasteiger partial charge is 0.456 e. The molecule has 41 heteroatoms. The zero-order valence-electron chi connectivity index (χ0n) is 43.5. The van der Waals surface area contributed by atoms with Crippen LogP contribution in [0.25, 0.3) is 43.9 Å². The fourth-order valence-electron chi connectivity index (χ4n) is 7.38. The predicted octanol–water partition coefficient (Wildman–Crippen LogP) is 1.78. The predicted molar refractivity (Wildman–Crippen MR) is 297 cm³/mol. The summed E-state index contributed by atoms with van der Waals surface area (Å²) >= 11 is 0. The minimum atomic E-state index is -5.81. The number of aromatic nitrogens is 2. The van der Waals surface area contributed by atoms with Crippen LogP contribution in [0.5, 0.6) is 0 Å². The van der Waals surface area contributed by atoms with E-state index in [1.807, 2.05) is 43.3 Å². The van der Waals surface area contributed by atoms with Crippen molar-refractivity contribution in [2.75, 3.05) is 62.7 Å². The maximum absolute atomic E-state index is 13.3. The van der Waals surface area contributed by atoms with Gasteiger partial charge in [-0.05, 0) is 73.2 Å². The van der Waals surface area contributed by atoms with E-state index >= 15 is 0 Å². The molecule has 1 saturated heterocycles. The fourth-order valence-corrected chi connectivity index (χ4v) is 12.0. The molecule has 2 aliphatic heterocycles. The van der Waals surface area contributed by atoms with Gasteiger partial charge in [0.25, 0.3) is 5.91 Å². The molecule has 0 bridgehead atoms. The highest BCUT2D eigenvalue weighted by Gasteiger charge is 2.44.